The number of carbonyl (C=O) groups is 3. The third-order valence-electron chi connectivity index (χ3n) is 4.85. The molecule has 8 heteroatoms. The Morgan fingerprint density at radius 1 is 1.17 bits per heavy atom. The van der Waals surface area contributed by atoms with Crippen LogP contribution in [0.2, 0.25) is 0 Å². The van der Waals surface area contributed by atoms with Gasteiger partial charge in [0, 0.05) is 19.7 Å². The lowest BCUT2D eigenvalue weighted by atomic mass is 9.84. The highest BCUT2D eigenvalue weighted by atomic mass is 16.5. The van der Waals surface area contributed by atoms with Crippen molar-refractivity contribution in [3.05, 3.63) is 11.6 Å². The summed E-state index contributed by atoms with van der Waals surface area (Å²) < 4.78 is 10.1. The maximum Gasteiger partial charge on any atom is 0.333 e. The second kappa shape index (κ2) is 11.5. The molecule has 30 heavy (non-hydrogen) atoms. The normalized spacial score (nSPS) is 16.5. The maximum absolute atomic E-state index is 13.4. The number of methoxy groups -OCH3 is 1. The first-order valence-corrected chi connectivity index (χ1v) is 10.3. The first-order chi connectivity index (χ1) is 13.6. The van der Waals surface area contributed by atoms with Crippen LogP contribution in [0.4, 0.5) is 0 Å². The third-order valence-corrected chi connectivity index (χ3v) is 4.85. The Kier molecular flexibility index (Phi) is 10.7. The molecule has 3 N–H and O–H groups in total. The van der Waals surface area contributed by atoms with Crippen molar-refractivity contribution in [2.45, 2.75) is 73.0 Å². The van der Waals surface area contributed by atoms with E-state index >= 15 is 0 Å². The van der Waals surface area contributed by atoms with Crippen molar-refractivity contribution in [1.82, 2.24) is 10.2 Å². The number of amides is 2. The molecule has 0 fully saturated rings. The average Bonchev–Trinajstić information content (AvgIpc) is 2.61. The van der Waals surface area contributed by atoms with Crippen LogP contribution in [0, 0.1) is 11.3 Å². The summed E-state index contributed by atoms with van der Waals surface area (Å²) >= 11 is 0. The van der Waals surface area contributed by atoms with Gasteiger partial charge in [-0.3, -0.25) is 9.59 Å². The summed E-state index contributed by atoms with van der Waals surface area (Å²) in [7, 11) is 3.13. The predicted molar refractivity (Wildman–Crippen MR) is 118 cm³/mol. The van der Waals surface area contributed by atoms with Crippen molar-refractivity contribution in [2.75, 3.05) is 27.4 Å². The van der Waals surface area contributed by atoms with Gasteiger partial charge in [-0.05, 0) is 32.1 Å². The summed E-state index contributed by atoms with van der Waals surface area (Å²) in [5.74, 6) is -1.11. The van der Waals surface area contributed by atoms with E-state index in [0.717, 1.165) is 0 Å². The average molecular weight is 428 g/mol. The smallest absolute Gasteiger partial charge is 0.333 e. The lowest BCUT2D eigenvalue weighted by Gasteiger charge is -2.38. The summed E-state index contributed by atoms with van der Waals surface area (Å²) in [6.45, 7) is 14.8. The van der Waals surface area contributed by atoms with Gasteiger partial charge in [0.2, 0.25) is 11.8 Å². The number of hydrogen-bond acceptors (Lipinski definition) is 6. The van der Waals surface area contributed by atoms with E-state index in [1.807, 2.05) is 34.6 Å². The molecule has 0 radical (unpaired) electrons. The Bertz CT molecular complexity index is 635. The quantitative estimate of drug-likeness (QED) is 0.407. The standard InChI is InChI=1S/C22H41N3O5/c1-11-30-19(27)15(4)12-16(14(2)3)25(9)18(26)17(21(5,6)7)24-20(28)22(8,23)13-29-10/h12,14,16-17H,11,13,23H2,1-10H3,(H,24,28)/b15-12+/t16-,17-,22?/m1/s1. The van der Waals surface area contributed by atoms with Gasteiger partial charge in [-0.2, -0.15) is 0 Å². The number of nitrogens with two attached hydrogens (primary N) is 1. The van der Waals surface area contributed by atoms with E-state index in [-0.39, 0.29) is 31.1 Å². The van der Waals surface area contributed by atoms with Crippen LogP contribution in [0.1, 0.15) is 55.4 Å². The number of carbonyl (C=O) groups excluding carboxylic acids is 3. The Labute approximate surface area is 181 Å². The lowest BCUT2D eigenvalue weighted by molar-refractivity contribution is -0.142. The van der Waals surface area contributed by atoms with Gasteiger partial charge in [-0.15, -0.1) is 0 Å². The Hall–Kier alpha value is -1.93. The molecule has 0 saturated heterocycles. The fraction of sp³-hybridized carbons (Fsp3) is 0.773. The van der Waals surface area contributed by atoms with Gasteiger partial charge in [-0.25, -0.2) is 4.79 Å². The molecule has 0 aromatic carbocycles. The molecule has 0 aliphatic heterocycles. The highest BCUT2D eigenvalue weighted by Crippen LogP contribution is 2.24. The van der Waals surface area contributed by atoms with Crippen molar-refractivity contribution >= 4 is 17.8 Å². The van der Waals surface area contributed by atoms with Crippen molar-refractivity contribution in [2.24, 2.45) is 17.1 Å². The number of nitrogens with one attached hydrogen (secondary N) is 1. The highest BCUT2D eigenvalue weighted by molar-refractivity contribution is 5.92. The number of esters is 1. The molecule has 0 aliphatic carbocycles. The molecule has 0 aromatic heterocycles. The molecule has 0 spiro atoms. The van der Waals surface area contributed by atoms with Crippen molar-refractivity contribution in [3.8, 4) is 0 Å². The molecule has 8 nitrogen and oxygen atoms in total. The molecule has 0 rings (SSSR count). The second-order valence-corrected chi connectivity index (χ2v) is 9.38. The van der Waals surface area contributed by atoms with Crippen LogP contribution in [-0.4, -0.2) is 67.7 Å². The molecule has 0 bridgehead atoms. The Morgan fingerprint density at radius 3 is 2.10 bits per heavy atom. The van der Waals surface area contributed by atoms with Gasteiger partial charge in [0.15, 0.2) is 0 Å². The molecule has 2 amide bonds. The van der Waals surface area contributed by atoms with Crippen molar-refractivity contribution in [1.29, 1.82) is 0 Å². The molecular weight excluding hydrogens is 386 g/mol. The second-order valence-electron chi connectivity index (χ2n) is 9.38. The predicted octanol–water partition coefficient (Wildman–Crippen LogP) is 1.87. The van der Waals surface area contributed by atoms with Crippen LogP contribution < -0.4 is 11.1 Å². The van der Waals surface area contributed by atoms with Crippen molar-refractivity contribution in [3.63, 3.8) is 0 Å². The summed E-state index contributed by atoms with van der Waals surface area (Å²) in [5.41, 5.74) is 4.65. The first kappa shape index (κ1) is 28.1. The monoisotopic (exact) mass is 427 g/mol. The summed E-state index contributed by atoms with van der Waals surface area (Å²) in [6, 6.07) is -1.17. The summed E-state index contributed by atoms with van der Waals surface area (Å²) in [4.78, 5) is 39.7. The van der Waals surface area contributed by atoms with Gasteiger partial charge in [0.25, 0.3) is 0 Å². The van der Waals surface area contributed by atoms with E-state index in [1.165, 1.54) is 7.11 Å². The number of hydrogen-bond donors (Lipinski definition) is 2. The van der Waals surface area contributed by atoms with E-state index in [1.54, 1.807) is 38.8 Å². The van der Waals surface area contributed by atoms with Crippen LogP contribution in [0.15, 0.2) is 11.6 Å². The molecule has 0 aromatic rings. The van der Waals surface area contributed by atoms with Crippen LogP contribution in [0.25, 0.3) is 0 Å². The van der Waals surface area contributed by atoms with Gasteiger partial charge >= 0.3 is 5.97 Å². The summed E-state index contributed by atoms with van der Waals surface area (Å²) in [6.07, 6.45) is 1.74. The Morgan fingerprint density at radius 2 is 1.70 bits per heavy atom. The zero-order valence-electron chi connectivity index (χ0n) is 20.3. The molecule has 0 aliphatic rings. The minimum Gasteiger partial charge on any atom is -0.463 e. The van der Waals surface area contributed by atoms with E-state index in [9.17, 15) is 14.4 Å². The molecular formula is C22H41N3O5. The topological polar surface area (TPSA) is 111 Å². The van der Waals surface area contributed by atoms with Gasteiger partial charge < -0.3 is 25.4 Å². The largest absolute Gasteiger partial charge is 0.463 e. The maximum atomic E-state index is 13.4. The lowest BCUT2D eigenvalue weighted by Crippen LogP contribution is -2.62. The molecule has 3 atom stereocenters. The van der Waals surface area contributed by atoms with Crippen molar-refractivity contribution < 1.29 is 23.9 Å². The van der Waals surface area contributed by atoms with E-state index < -0.39 is 28.9 Å². The first-order valence-electron chi connectivity index (χ1n) is 10.3. The molecule has 0 heterocycles. The van der Waals surface area contributed by atoms with Gasteiger partial charge in [0.1, 0.15) is 11.6 Å². The van der Waals surface area contributed by atoms with E-state index in [2.05, 4.69) is 5.32 Å². The molecule has 1 unspecified atom stereocenters. The SMILES string of the molecule is CCOC(=O)/C(C)=C/[C@H](C(C)C)N(C)C(=O)[C@@H](NC(=O)C(C)(N)COC)C(C)(C)C. The number of ether oxygens (including phenoxy) is 2. The van der Waals surface area contributed by atoms with Gasteiger partial charge in [-0.1, -0.05) is 40.7 Å². The number of nitrogens with zero attached hydrogens (tertiary/aromatic N) is 1. The third kappa shape index (κ3) is 8.07. The minimum absolute atomic E-state index is 0.0236. The highest BCUT2D eigenvalue weighted by Gasteiger charge is 2.40. The summed E-state index contributed by atoms with van der Waals surface area (Å²) in [5, 5.41) is 2.81. The van der Waals surface area contributed by atoms with E-state index in [4.69, 9.17) is 15.2 Å². The van der Waals surface area contributed by atoms with Crippen LogP contribution in [0.5, 0.6) is 0 Å². The van der Waals surface area contributed by atoms with Crippen LogP contribution >= 0.6 is 0 Å². The molecule has 0 saturated carbocycles. The number of likely N-dealkylation sites (N-methyl/N-ethyl adjacent to an activating group) is 1. The molecule has 174 valence electrons. The van der Waals surface area contributed by atoms with E-state index in [0.29, 0.717) is 5.57 Å². The Balaban J connectivity index is 5.83. The minimum atomic E-state index is -1.27. The van der Waals surface area contributed by atoms with Crippen LogP contribution in [-0.2, 0) is 23.9 Å². The van der Waals surface area contributed by atoms with Crippen LogP contribution in [0.3, 0.4) is 0 Å². The number of rotatable bonds is 10. The zero-order valence-corrected chi connectivity index (χ0v) is 20.3. The fourth-order valence-corrected chi connectivity index (χ4v) is 2.98. The van der Waals surface area contributed by atoms with Gasteiger partial charge in [0.05, 0.1) is 19.3 Å². The zero-order chi connectivity index (χ0) is 23.9. The fourth-order valence-electron chi connectivity index (χ4n) is 2.98.